The molecule has 0 spiro atoms. The number of hydrogen-bond acceptors (Lipinski definition) is 6. The molecule has 0 radical (unpaired) electrons. The number of non-ortho nitro benzene ring substituents is 1. The number of carbonyl (C=O) groups excluding carboxylic acids is 1. The fourth-order valence-corrected chi connectivity index (χ4v) is 3.85. The molecule has 0 aromatic heterocycles. The molecule has 194 valence electrons. The Kier molecular flexibility index (Phi) is 10.2. The lowest BCUT2D eigenvalue weighted by Gasteiger charge is -2.16. The van der Waals surface area contributed by atoms with E-state index >= 15 is 0 Å². The summed E-state index contributed by atoms with van der Waals surface area (Å²) in [6.45, 7) is 4.33. The lowest BCUT2D eigenvalue weighted by Crippen LogP contribution is -2.25. The summed E-state index contributed by atoms with van der Waals surface area (Å²) in [6.07, 6.45) is 5.23. The quantitative estimate of drug-likeness (QED) is 0.0802. The monoisotopic (exact) mass is 511 g/mol. The summed E-state index contributed by atoms with van der Waals surface area (Å²) >= 11 is 0. The molecule has 3 aromatic rings. The minimum atomic E-state index is -0.458. The van der Waals surface area contributed by atoms with Gasteiger partial charge in [0.2, 0.25) is 0 Å². The third kappa shape index (κ3) is 7.80. The first-order valence-electron chi connectivity index (χ1n) is 12.1. The number of aryl methyl sites for hydroxylation is 1. The maximum absolute atomic E-state index is 12.6. The van der Waals surface area contributed by atoms with E-state index in [-0.39, 0.29) is 17.9 Å². The topological polar surface area (TPSA) is 114 Å². The average molecular weight is 512 g/mol. The molecular formula is C30H29N3O5. The predicted molar refractivity (Wildman–Crippen MR) is 146 cm³/mol. The van der Waals surface area contributed by atoms with Crippen LogP contribution >= 0.6 is 0 Å². The Morgan fingerprint density at radius 3 is 2.58 bits per heavy atom. The first-order chi connectivity index (χ1) is 18.4. The van der Waals surface area contributed by atoms with E-state index in [1.165, 1.54) is 30.9 Å². The molecule has 0 aliphatic heterocycles. The van der Waals surface area contributed by atoms with E-state index in [1.807, 2.05) is 36.4 Å². The minimum Gasteiger partial charge on any atom is -0.493 e. The van der Waals surface area contributed by atoms with Gasteiger partial charge in [-0.2, -0.15) is 5.26 Å². The van der Waals surface area contributed by atoms with Crippen molar-refractivity contribution < 1.29 is 19.2 Å². The van der Waals surface area contributed by atoms with Crippen molar-refractivity contribution in [2.24, 2.45) is 0 Å². The van der Waals surface area contributed by atoms with E-state index in [9.17, 15) is 20.2 Å². The van der Waals surface area contributed by atoms with Crippen molar-refractivity contribution in [1.29, 1.82) is 5.26 Å². The van der Waals surface area contributed by atoms with E-state index < -0.39 is 10.8 Å². The molecule has 0 bridgehead atoms. The lowest BCUT2D eigenvalue weighted by molar-refractivity contribution is -0.384. The van der Waals surface area contributed by atoms with Crippen molar-refractivity contribution in [3.05, 3.63) is 117 Å². The molecule has 1 N–H and O–H groups in total. The van der Waals surface area contributed by atoms with Gasteiger partial charge in [-0.3, -0.25) is 14.9 Å². The summed E-state index contributed by atoms with van der Waals surface area (Å²) < 4.78 is 11.5. The summed E-state index contributed by atoms with van der Waals surface area (Å²) in [5.41, 5.74) is 3.10. The number of nitrogens with one attached hydrogen (secondary N) is 1. The van der Waals surface area contributed by atoms with Gasteiger partial charge in [0, 0.05) is 24.2 Å². The maximum atomic E-state index is 12.6. The molecule has 0 heterocycles. The number of nitro groups is 1. The van der Waals surface area contributed by atoms with Gasteiger partial charge in [-0.1, -0.05) is 48.5 Å². The highest BCUT2D eigenvalue weighted by atomic mass is 16.6. The van der Waals surface area contributed by atoms with Gasteiger partial charge in [-0.05, 0) is 54.2 Å². The maximum Gasteiger partial charge on any atom is 0.269 e. The normalized spacial score (nSPS) is 10.8. The Bertz CT molecular complexity index is 1360. The lowest BCUT2D eigenvalue weighted by atomic mass is 10.0. The second-order valence-corrected chi connectivity index (χ2v) is 8.43. The highest BCUT2D eigenvalue weighted by Gasteiger charge is 2.15. The van der Waals surface area contributed by atoms with Crippen LogP contribution in [-0.2, 0) is 24.2 Å². The van der Waals surface area contributed by atoms with Crippen LogP contribution in [0.5, 0.6) is 11.5 Å². The molecule has 3 rings (SSSR count). The summed E-state index contributed by atoms with van der Waals surface area (Å²) in [4.78, 5) is 23.3. The molecule has 0 saturated heterocycles. The first kappa shape index (κ1) is 27.7. The molecule has 8 nitrogen and oxygen atoms in total. The number of rotatable bonds is 13. The first-order valence-corrected chi connectivity index (χ1v) is 12.1. The molecule has 0 atom stereocenters. The summed E-state index contributed by atoms with van der Waals surface area (Å²) in [5.74, 6) is 0.414. The molecule has 8 heteroatoms. The molecule has 0 fully saturated rings. The predicted octanol–water partition coefficient (Wildman–Crippen LogP) is 5.57. The van der Waals surface area contributed by atoms with Crippen LogP contribution in [-0.4, -0.2) is 24.5 Å². The van der Waals surface area contributed by atoms with E-state index in [2.05, 4.69) is 11.9 Å². The van der Waals surface area contributed by atoms with Gasteiger partial charge < -0.3 is 14.8 Å². The van der Waals surface area contributed by atoms with Crippen LogP contribution in [0.3, 0.4) is 0 Å². The number of nitrogens with zero attached hydrogens (tertiary/aromatic N) is 2. The Hall–Kier alpha value is -4.90. The van der Waals surface area contributed by atoms with E-state index in [0.29, 0.717) is 35.6 Å². The Morgan fingerprint density at radius 2 is 1.89 bits per heavy atom. The van der Waals surface area contributed by atoms with Gasteiger partial charge in [-0.25, -0.2) is 0 Å². The molecule has 0 unspecified atom stereocenters. The number of amides is 1. The van der Waals surface area contributed by atoms with Crippen molar-refractivity contribution >= 4 is 17.7 Å². The van der Waals surface area contributed by atoms with Crippen molar-refractivity contribution in [3.8, 4) is 17.6 Å². The number of nitro benzene ring substituents is 1. The Labute approximate surface area is 222 Å². The van der Waals surface area contributed by atoms with Crippen molar-refractivity contribution in [2.75, 3.05) is 13.7 Å². The third-order valence-electron chi connectivity index (χ3n) is 5.69. The largest absolute Gasteiger partial charge is 0.493 e. The fraction of sp³-hybridized carbons (Fsp3) is 0.200. The standard InChI is InChI=1S/C30H29N3O5/c1-3-9-25-16-24(17-26(20-31)30(34)32-15-8-13-22-10-5-4-6-11-22)19-28(37-2)29(25)38-21-23-12-7-14-27(18-23)33(35)36/h3-7,10-12,14,16-19H,1,8-9,13,15,21H2,2H3,(H,32,34)/b26-17-. The summed E-state index contributed by atoms with van der Waals surface area (Å²) in [7, 11) is 1.49. The molecule has 1 amide bonds. The molecule has 0 saturated carbocycles. The van der Waals surface area contributed by atoms with Gasteiger partial charge in [0.05, 0.1) is 12.0 Å². The number of allylic oxidation sites excluding steroid dienone is 1. The zero-order valence-electron chi connectivity index (χ0n) is 21.2. The number of hydrogen-bond donors (Lipinski definition) is 1. The molecule has 38 heavy (non-hydrogen) atoms. The van der Waals surface area contributed by atoms with Crippen molar-refractivity contribution in [1.82, 2.24) is 5.32 Å². The Morgan fingerprint density at radius 1 is 1.13 bits per heavy atom. The van der Waals surface area contributed by atoms with Gasteiger partial charge in [0.15, 0.2) is 11.5 Å². The number of methoxy groups -OCH3 is 1. The number of ether oxygens (including phenoxy) is 2. The number of carbonyl (C=O) groups is 1. The minimum absolute atomic E-state index is 0.0211. The van der Waals surface area contributed by atoms with Gasteiger partial charge >= 0.3 is 0 Å². The average Bonchev–Trinajstić information content (AvgIpc) is 2.93. The van der Waals surface area contributed by atoms with Gasteiger partial charge in [0.25, 0.3) is 11.6 Å². The highest BCUT2D eigenvalue weighted by molar-refractivity contribution is 6.01. The molecule has 3 aromatic carbocycles. The van der Waals surface area contributed by atoms with Crippen molar-refractivity contribution in [2.45, 2.75) is 25.9 Å². The van der Waals surface area contributed by atoms with Crippen LogP contribution in [0.25, 0.3) is 6.08 Å². The van der Waals surface area contributed by atoms with Crippen LogP contribution in [0, 0.1) is 21.4 Å². The van der Waals surface area contributed by atoms with Crippen LogP contribution in [0.2, 0.25) is 0 Å². The Balaban J connectivity index is 1.75. The number of nitriles is 1. The number of benzene rings is 3. The molecule has 0 aliphatic carbocycles. The van der Waals surface area contributed by atoms with Crippen LogP contribution in [0.4, 0.5) is 5.69 Å². The van der Waals surface area contributed by atoms with E-state index in [4.69, 9.17) is 9.47 Å². The summed E-state index contributed by atoms with van der Waals surface area (Å²) in [5, 5.41) is 23.5. The van der Waals surface area contributed by atoms with Gasteiger partial charge in [0.1, 0.15) is 18.2 Å². The third-order valence-corrected chi connectivity index (χ3v) is 5.69. The second kappa shape index (κ2) is 14.0. The highest BCUT2D eigenvalue weighted by Crippen LogP contribution is 2.35. The second-order valence-electron chi connectivity index (χ2n) is 8.43. The summed E-state index contributed by atoms with van der Waals surface area (Å²) in [6, 6.07) is 21.6. The smallest absolute Gasteiger partial charge is 0.269 e. The fourth-order valence-electron chi connectivity index (χ4n) is 3.85. The zero-order valence-corrected chi connectivity index (χ0v) is 21.2. The SMILES string of the molecule is C=CCc1cc(/C=C(/C#N)C(=O)NCCCc2ccccc2)cc(OC)c1OCc1cccc([N+](=O)[O-])c1. The molecular weight excluding hydrogens is 482 g/mol. The molecule has 0 aliphatic rings. The van der Waals surface area contributed by atoms with Gasteiger partial charge in [-0.15, -0.1) is 6.58 Å². The zero-order chi connectivity index (χ0) is 27.3. The van der Waals surface area contributed by atoms with E-state index in [1.54, 1.807) is 30.3 Å². The van der Waals surface area contributed by atoms with E-state index in [0.717, 1.165) is 18.4 Å². The van der Waals surface area contributed by atoms with Crippen molar-refractivity contribution in [3.63, 3.8) is 0 Å². The van der Waals surface area contributed by atoms with Crippen LogP contribution in [0.15, 0.2) is 85.0 Å². The van der Waals surface area contributed by atoms with Crippen LogP contribution < -0.4 is 14.8 Å². The van der Waals surface area contributed by atoms with Crippen LogP contribution in [0.1, 0.15) is 28.7 Å².